The smallest absolute Gasteiger partial charge is 0.326 e. The van der Waals surface area contributed by atoms with E-state index in [9.17, 15) is 9.59 Å². The minimum atomic E-state index is -0.968. The lowest BCUT2D eigenvalue weighted by Gasteiger charge is -2.14. The Bertz CT molecular complexity index is 204. The molecule has 0 radical (unpaired) electrons. The average Bonchev–Trinajstić information content (AvgIpc) is 2.13. The Morgan fingerprint density at radius 1 is 1.29 bits per heavy atom. The average molecular weight is 201 g/mol. The highest BCUT2D eigenvalue weighted by Gasteiger charge is 2.18. The highest BCUT2D eigenvalue weighted by Crippen LogP contribution is 2.06. The standard InChI is InChI=1S/C10H19NO3/c1-4-7(3)6-9(12)11-8(5-2)10(13)14/h7-8H,4-6H2,1-3H3,(H,11,12)(H,13,14)/t7-,8?/m0/s1. The van der Waals surface area contributed by atoms with E-state index >= 15 is 0 Å². The molecule has 2 atom stereocenters. The molecule has 82 valence electrons. The summed E-state index contributed by atoms with van der Waals surface area (Å²) in [6.45, 7) is 5.72. The van der Waals surface area contributed by atoms with E-state index in [0.29, 0.717) is 18.8 Å². The Kier molecular flexibility index (Phi) is 5.92. The van der Waals surface area contributed by atoms with Crippen molar-refractivity contribution in [2.24, 2.45) is 5.92 Å². The first-order chi connectivity index (χ1) is 6.51. The van der Waals surface area contributed by atoms with E-state index in [1.165, 1.54) is 0 Å². The molecule has 0 aromatic carbocycles. The zero-order valence-corrected chi connectivity index (χ0v) is 9.04. The van der Waals surface area contributed by atoms with Gasteiger partial charge in [-0.2, -0.15) is 0 Å². The molecule has 0 fully saturated rings. The van der Waals surface area contributed by atoms with Gasteiger partial charge in [-0.05, 0) is 12.3 Å². The van der Waals surface area contributed by atoms with Crippen LogP contribution in [0.15, 0.2) is 0 Å². The zero-order chi connectivity index (χ0) is 11.1. The molecule has 14 heavy (non-hydrogen) atoms. The van der Waals surface area contributed by atoms with Crippen molar-refractivity contribution >= 4 is 11.9 Å². The Labute approximate surface area is 84.7 Å². The van der Waals surface area contributed by atoms with Gasteiger partial charge in [0.2, 0.25) is 5.91 Å². The Morgan fingerprint density at radius 2 is 1.86 bits per heavy atom. The molecule has 0 aromatic rings. The molecule has 0 aliphatic carbocycles. The van der Waals surface area contributed by atoms with Crippen molar-refractivity contribution in [3.8, 4) is 0 Å². The van der Waals surface area contributed by atoms with Crippen LogP contribution in [0.1, 0.15) is 40.0 Å². The van der Waals surface area contributed by atoms with Crippen LogP contribution in [-0.2, 0) is 9.59 Å². The van der Waals surface area contributed by atoms with Crippen molar-refractivity contribution in [2.75, 3.05) is 0 Å². The molecule has 0 aliphatic heterocycles. The Morgan fingerprint density at radius 3 is 2.21 bits per heavy atom. The van der Waals surface area contributed by atoms with E-state index in [0.717, 1.165) is 6.42 Å². The van der Waals surface area contributed by atoms with Crippen molar-refractivity contribution in [3.63, 3.8) is 0 Å². The molecule has 4 heteroatoms. The lowest BCUT2D eigenvalue weighted by Crippen LogP contribution is -2.40. The first-order valence-corrected chi connectivity index (χ1v) is 5.03. The van der Waals surface area contributed by atoms with Crippen molar-refractivity contribution in [1.29, 1.82) is 0 Å². The largest absolute Gasteiger partial charge is 0.480 e. The van der Waals surface area contributed by atoms with E-state index in [1.54, 1.807) is 6.92 Å². The van der Waals surface area contributed by atoms with Gasteiger partial charge in [-0.25, -0.2) is 4.79 Å². The third-order valence-electron chi connectivity index (χ3n) is 2.27. The van der Waals surface area contributed by atoms with Crippen LogP contribution in [0.5, 0.6) is 0 Å². The van der Waals surface area contributed by atoms with Crippen LogP contribution in [-0.4, -0.2) is 23.0 Å². The second-order valence-electron chi connectivity index (χ2n) is 3.58. The van der Waals surface area contributed by atoms with Gasteiger partial charge in [0.05, 0.1) is 0 Å². The third-order valence-corrected chi connectivity index (χ3v) is 2.27. The second kappa shape index (κ2) is 6.40. The lowest BCUT2D eigenvalue weighted by molar-refractivity contribution is -0.142. The maximum absolute atomic E-state index is 11.3. The third kappa shape index (κ3) is 4.84. The van der Waals surface area contributed by atoms with Crippen LogP contribution >= 0.6 is 0 Å². The van der Waals surface area contributed by atoms with Gasteiger partial charge in [0.1, 0.15) is 6.04 Å². The van der Waals surface area contributed by atoms with Gasteiger partial charge >= 0.3 is 5.97 Å². The molecule has 0 rings (SSSR count). The number of aliphatic carboxylic acids is 1. The SMILES string of the molecule is CCC(NC(=O)C[C@@H](C)CC)C(=O)O. The summed E-state index contributed by atoms with van der Waals surface area (Å²) >= 11 is 0. The van der Waals surface area contributed by atoms with Gasteiger partial charge < -0.3 is 10.4 Å². The van der Waals surface area contributed by atoms with Crippen molar-refractivity contribution in [3.05, 3.63) is 0 Å². The molecule has 0 saturated carbocycles. The van der Waals surface area contributed by atoms with Crippen LogP contribution < -0.4 is 5.32 Å². The number of carboxylic acid groups (broad SMARTS) is 1. The predicted octanol–water partition coefficient (Wildman–Crippen LogP) is 1.40. The molecule has 1 amide bonds. The van der Waals surface area contributed by atoms with Crippen molar-refractivity contribution in [2.45, 2.75) is 46.1 Å². The number of hydrogen-bond donors (Lipinski definition) is 2. The maximum Gasteiger partial charge on any atom is 0.326 e. The Balaban J connectivity index is 3.97. The summed E-state index contributed by atoms with van der Waals surface area (Å²) in [6.07, 6.45) is 1.75. The monoisotopic (exact) mass is 201 g/mol. The minimum absolute atomic E-state index is 0.173. The Hall–Kier alpha value is -1.06. The zero-order valence-electron chi connectivity index (χ0n) is 9.04. The summed E-state index contributed by atoms with van der Waals surface area (Å²) in [4.78, 5) is 21.9. The first kappa shape index (κ1) is 12.9. The van der Waals surface area contributed by atoms with Crippen LogP contribution in [0.3, 0.4) is 0 Å². The molecular weight excluding hydrogens is 182 g/mol. The molecule has 0 spiro atoms. The number of nitrogens with one attached hydrogen (secondary N) is 1. The fraction of sp³-hybridized carbons (Fsp3) is 0.800. The van der Waals surface area contributed by atoms with E-state index in [4.69, 9.17) is 5.11 Å². The highest BCUT2D eigenvalue weighted by atomic mass is 16.4. The molecular formula is C10H19NO3. The fourth-order valence-corrected chi connectivity index (χ4v) is 1.05. The summed E-state index contributed by atoms with van der Waals surface area (Å²) in [7, 11) is 0. The summed E-state index contributed by atoms with van der Waals surface area (Å²) in [5.74, 6) is -0.833. The van der Waals surface area contributed by atoms with Gasteiger partial charge in [-0.1, -0.05) is 27.2 Å². The number of carbonyl (C=O) groups is 2. The molecule has 4 nitrogen and oxygen atoms in total. The number of hydrogen-bond acceptors (Lipinski definition) is 2. The topological polar surface area (TPSA) is 66.4 Å². The maximum atomic E-state index is 11.3. The number of rotatable bonds is 6. The van der Waals surface area contributed by atoms with E-state index in [-0.39, 0.29) is 5.91 Å². The van der Waals surface area contributed by atoms with Crippen LogP contribution in [0, 0.1) is 5.92 Å². The molecule has 0 bridgehead atoms. The number of carbonyl (C=O) groups excluding carboxylic acids is 1. The molecule has 0 saturated heterocycles. The molecule has 1 unspecified atom stereocenters. The van der Waals surface area contributed by atoms with Gasteiger partial charge in [0.15, 0.2) is 0 Å². The molecule has 0 aromatic heterocycles. The van der Waals surface area contributed by atoms with Gasteiger partial charge in [-0.3, -0.25) is 4.79 Å². The molecule has 0 heterocycles. The van der Waals surface area contributed by atoms with Crippen molar-refractivity contribution < 1.29 is 14.7 Å². The van der Waals surface area contributed by atoms with Crippen LogP contribution in [0.25, 0.3) is 0 Å². The number of carboxylic acids is 1. The van der Waals surface area contributed by atoms with E-state index in [2.05, 4.69) is 5.32 Å². The van der Waals surface area contributed by atoms with Crippen LogP contribution in [0.4, 0.5) is 0 Å². The first-order valence-electron chi connectivity index (χ1n) is 5.03. The minimum Gasteiger partial charge on any atom is -0.480 e. The van der Waals surface area contributed by atoms with Gasteiger partial charge in [0, 0.05) is 6.42 Å². The highest BCUT2D eigenvalue weighted by molar-refractivity contribution is 5.83. The van der Waals surface area contributed by atoms with Crippen molar-refractivity contribution in [1.82, 2.24) is 5.32 Å². The summed E-state index contributed by atoms with van der Waals surface area (Å²) in [6, 6.07) is -0.744. The lowest BCUT2D eigenvalue weighted by atomic mass is 10.0. The van der Waals surface area contributed by atoms with Gasteiger partial charge in [0.25, 0.3) is 0 Å². The predicted molar refractivity (Wildman–Crippen MR) is 53.9 cm³/mol. The summed E-state index contributed by atoms with van der Waals surface area (Å²) < 4.78 is 0. The normalized spacial score (nSPS) is 14.5. The summed E-state index contributed by atoms with van der Waals surface area (Å²) in [5.41, 5.74) is 0. The summed E-state index contributed by atoms with van der Waals surface area (Å²) in [5, 5.41) is 11.2. The van der Waals surface area contributed by atoms with E-state index in [1.807, 2.05) is 13.8 Å². The van der Waals surface area contributed by atoms with E-state index < -0.39 is 12.0 Å². The van der Waals surface area contributed by atoms with Gasteiger partial charge in [-0.15, -0.1) is 0 Å². The number of amides is 1. The fourth-order valence-electron chi connectivity index (χ4n) is 1.05. The quantitative estimate of drug-likeness (QED) is 0.682. The van der Waals surface area contributed by atoms with Crippen LogP contribution in [0.2, 0.25) is 0 Å². The molecule has 2 N–H and O–H groups in total. The second-order valence-corrected chi connectivity index (χ2v) is 3.58. The molecule has 0 aliphatic rings.